The first-order valence-electron chi connectivity index (χ1n) is 5.64. The lowest BCUT2D eigenvalue weighted by Gasteiger charge is -2.10. The summed E-state index contributed by atoms with van der Waals surface area (Å²) in [5.41, 5.74) is 0. The highest BCUT2D eigenvalue weighted by Gasteiger charge is 2.08. The Morgan fingerprint density at radius 2 is 1.87 bits per heavy atom. The van der Waals surface area contributed by atoms with Gasteiger partial charge in [0.1, 0.15) is 5.88 Å². The highest BCUT2D eigenvalue weighted by Crippen LogP contribution is 2.09. The number of unbranched alkanes of at least 4 members (excludes halogenated alkanes) is 5. The molecule has 0 aliphatic heterocycles. The summed E-state index contributed by atoms with van der Waals surface area (Å²) in [6, 6.07) is 0. The Morgan fingerprint density at radius 1 is 1.27 bits per heavy atom. The molecular formula is C11H21ClO3. The van der Waals surface area contributed by atoms with Gasteiger partial charge in [-0.05, 0) is 6.42 Å². The summed E-state index contributed by atoms with van der Waals surface area (Å²) in [5.74, 6) is -0.761. The lowest BCUT2D eigenvalue weighted by molar-refractivity contribution is -0.165. The Morgan fingerprint density at radius 3 is 2.47 bits per heavy atom. The minimum atomic E-state index is -0.984. The van der Waals surface area contributed by atoms with Gasteiger partial charge in [-0.2, -0.15) is 0 Å². The van der Waals surface area contributed by atoms with Gasteiger partial charge in [-0.25, -0.2) is 0 Å². The highest BCUT2D eigenvalue weighted by atomic mass is 35.5. The first-order valence-corrected chi connectivity index (χ1v) is 6.17. The van der Waals surface area contributed by atoms with Crippen LogP contribution in [0, 0.1) is 0 Å². The minimum absolute atomic E-state index is 0.201. The van der Waals surface area contributed by atoms with Crippen molar-refractivity contribution < 1.29 is 14.6 Å². The molecule has 0 aromatic heterocycles. The van der Waals surface area contributed by atoms with Crippen molar-refractivity contribution in [2.75, 3.05) is 5.88 Å². The highest BCUT2D eigenvalue weighted by molar-refractivity contribution is 6.26. The molecule has 0 saturated heterocycles. The summed E-state index contributed by atoms with van der Waals surface area (Å²) >= 11 is 5.23. The molecule has 0 bridgehead atoms. The molecule has 15 heavy (non-hydrogen) atoms. The van der Waals surface area contributed by atoms with E-state index in [1.54, 1.807) is 0 Å². The van der Waals surface area contributed by atoms with Crippen molar-refractivity contribution in [3.63, 3.8) is 0 Å². The maximum atomic E-state index is 10.7. The summed E-state index contributed by atoms with van der Waals surface area (Å²) in [6.45, 7) is 2.18. The Kier molecular flexibility index (Phi) is 10.1. The van der Waals surface area contributed by atoms with E-state index in [1.807, 2.05) is 0 Å². The number of aliphatic hydroxyl groups is 1. The maximum absolute atomic E-state index is 10.7. The fraction of sp³-hybridized carbons (Fsp3) is 0.909. The minimum Gasteiger partial charge on any atom is -0.435 e. The van der Waals surface area contributed by atoms with Gasteiger partial charge >= 0.3 is 5.97 Å². The van der Waals surface area contributed by atoms with Gasteiger partial charge < -0.3 is 9.84 Å². The Balaban J connectivity index is 3.23. The first kappa shape index (κ1) is 14.7. The second-order valence-corrected chi connectivity index (χ2v) is 3.90. The molecule has 0 radical (unpaired) electrons. The molecule has 4 heteroatoms. The molecule has 0 rings (SSSR count). The standard InChI is InChI=1S/C11H21ClO3/c1-2-3-4-5-6-7-8-10(13)15-11(14)9-12/h10,13H,2-9H2,1H3. The molecule has 0 amide bonds. The lowest BCUT2D eigenvalue weighted by Crippen LogP contribution is -2.18. The summed E-state index contributed by atoms with van der Waals surface area (Å²) in [7, 11) is 0. The van der Waals surface area contributed by atoms with Crippen LogP contribution in [0.1, 0.15) is 51.9 Å². The first-order chi connectivity index (χ1) is 7.20. The lowest BCUT2D eigenvalue weighted by atomic mass is 10.1. The van der Waals surface area contributed by atoms with Crippen LogP contribution >= 0.6 is 11.6 Å². The number of alkyl halides is 1. The van der Waals surface area contributed by atoms with Crippen LogP contribution in [-0.2, 0) is 9.53 Å². The molecule has 0 saturated carbocycles. The zero-order valence-corrected chi connectivity index (χ0v) is 10.1. The Hall–Kier alpha value is -0.280. The van der Waals surface area contributed by atoms with Gasteiger partial charge in [0.25, 0.3) is 0 Å². The zero-order valence-electron chi connectivity index (χ0n) is 9.38. The van der Waals surface area contributed by atoms with E-state index in [-0.39, 0.29) is 5.88 Å². The van der Waals surface area contributed by atoms with Crippen LogP contribution in [0.4, 0.5) is 0 Å². The van der Waals surface area contributed by atoms with Crippen molar-refractivity contribution in [3.8, 4) is 0 Å². The van der Waals surface area contributed by atoms with E-state index in [1.165, 1.54) is 25.7 Å². The molecule has 1 N–H and O–H groups in total. The van der Waals surface area contributed by atoms with Crippen molar-refractivity contribution in [1.29, 1.82) is 0 Å². The number of halogens is 1. The Bertz CT molecular complexity index is 162. The summed E-state index contributed by atoms with van der Waals surface area (Å²) < 4.78 is 4.61. The van der Waals surface area contributed by atoms with Crippen molar-refractivity contribution in [2.24, 2.45) is 0 Å². The molecule has 0 aliphatic carbocycles. The smallest absolute Gasteiger partial charge is 0.323 e. The van der Waals surface area contributed by atoms with Crippen LogP contribution < -0.4 is 0 Å². The molecule has 0 aromatic carbocycles. The van der Waals surface area contributed by atoms with E-state index >= 15 is 0 Å². The predicted octanol–water partition coefficient (Wildman–Crippen LogP) is 2.84. The maximum Gasteiger partial charge on any atom is 0.323 e. The second-order valence-electron chi connectivity index (χ2n) is 3.63. The molecular weight excluding hydrogens is 216 g/mol. The number of carbonyl (C=O) groups is 1. The number of esters is 1. The number of ether oxygens (including phenoxy) is 1. The largest absolute Gasteiger partial charge is 0.435 e. The van der Waals surface area contributed by atoms with Crippen molar-refractivity contribution >= 4 is 17.6 Å². The zero-order chi connectivity index (χ0) is 11.5. The molecule has 0 heterocycles. The van der Waals surface area contributed by atoms with Crippen molar-refractivity contribution in [3.05, 3.63) is 0 Å². The quantitative estimate of drug-likeness (QED) is 0.290. The third-order valence-corrected chi connectivity index (χ3v) is 2.40. The number of carbonyl (C=O) groups excluding carboxylic acids is 1. The fourth-order valence-electron chi connectivity index (χ4n) is 1.34. The van der Waals surface area contributed by atoms with Crippen LogP contribution in [0.25, 0.3) is 0 Å². The van der Waals surface area contributed by atoms with Gasteiger partial charge in [-0.15, -0.1) is 11.6 Å². The number of hydrogen-bond donors (Lipinski definition) is 1. The van der Waals surface area contributed by atoms with Crippen LogP contribution in [0.2, 0.25) is 0 Å². The van der Waals surface area contributed by atoms with Gasteiger partial charge in [0.2, 0.25) is 6.29 Å². The SMILES string of the molecule is CCCCCCCCC(O)OC(=O)CCl. The van der Waals surface area contributed by atoms with Crippen LogP contribution in [0.3, 0.4) is 0 Å². The molecule has 1 atom stereocenters. The molecule has 0 spiro atoms. The average Bonchev–Trinajstić information content (AvgIpc) is 2.23. The molecule has 0 aromatic rings. The van der Waals surface area contributed by atoms with Gasteiger partial charge in [0, 0.05) is 6.42 Å². The summed E-state index contributed by atoms with van der Waals surface area (Å²) in [5, 5.41) is 9.25. The molecule has 1 unspecified atom stereocenters. The van der Waals surface area contributed by atoms with E-state index in [9.17, 15) is 9.90 Å². The van der Waals surface area contributed by atoms with E-state index < -0.39 is 12.3 Å². The van der Waals surface area contributed by atoms with Crippen LogP contribution in [0.15, 0.2) is 0 Å². The van der Waals surface area contributed by atoms with Gasteiger partial charge in [-0.3, -0.25) is 4.79 Å². The van der Waals surface area contributed by atoms with Crippen molar-refractivity contribution in [2.45, 2.75) is 58.2 Å². The van der Waals surface area contributed by atoms with Gasteiger partial charge in [0.15, 0.2) is 0 Å². The third-order valence-electron chi connectivity index (χ3n) is 2.18. The van der Waals surface area contributed by atoms with E-state index in [4.69, 9.17) is 11.6 Å². The van der Waals surface area contributed by atoms with Crippen LogP contribution in [0.5, 0.6) is 0 Å². The topological polar surface area (TPSA) is 46.5 Å². The normalized spacial score (nSPS) is 12.5. The molecule has 3 nitrogen and oxygen atoms in total. The number of aliphatic hydroxyl groups excluding tert-OH is 1. The average molecular weight is 237 g/mol. The van der Waals surface area contributed by atoms with Crippen molar-refractivity contribution in [1.82, 2.24) is 0 Å². The van der Waals surface area contributed by atoms with E-state index in [0.29, 0.717) is 6.42 Å². The third kappa shape index (κ3) is 10.0. The fourth-order valence-corrected chi connectivity index (χ4v) is 1.40. The van der Waals surface area contributed by atoms with Crippen LogP contribution in [-0.4, -0.2) is 23.2 Å². The van der Waals surface area contributed by atoms with E-state index in [2.05, 4.69) is 11.7 Å². The van der Waals surface area contributed by atoms with Gasteiger partial charge in [0.05, 0.1) is 0 Å². The summed E-state index contributed by atoms with van der Waals surface area (Å²) in [4.78, 5) is 10.7. The molecule has 0 aliphatic rings. The molecule has 90 valence electrons. The predicted molar refractivity (Wildman–Crippen MR) is 60.8 cm³/mol. The van der Waals surface area contributed by atoms with E-state index in [0.717, 1.165) is 12.8 Å². The second kappa shape index (κ2) is 10.2. The monoisotopic (exact) mass is 236 g/mol. The van der Waals surface area contributed by atoms with Gasteiger partial charge in [-0.1, -0.05) is 39.0 Å². The number of rotatable bonds is 9. The number of hydrogen-bond acceptors (Lipinski definition) is 3. The summed E-state index contributed by atoms with van der Waals surface area (Å²) in [6.07, 6.45) is 6.42. The Labute approximate surface area is 96.8 Å². The molecule has 0 fully saturated rings.